The van der Waals surface area contributed by atoms with E-state index >= 15 is 0 Å². The van der Waals surface area contributed by atoms with Crippen LogP contribution in [0.25, 0.3) is 0 Å². The predicted octanol–water partition coefficient (Wildman–Crippen LogP) is 3.55. The zero-order valence-electron chi connectivity index (χ0n) is 17.6. The molecule has 6 atom stereocenters. The summed E-state index contributed by atoms with van der Waals surface area (Å²) in [4.78, 5) is 24.7. The maximum Gasteiger partial charge on any atom is 0.306 e. The molecule has 0 bridgehead atoms. The van der Waals surface area contributed by atoms with Gasteiger partial charge < -0.3 is 18.9 Å². The molecule has 6 unspecified atom stereocenters. The molecule has 4 rings (SSSR count). The minimum absolute atomic E-state index is 0.0616. The van der Waals surface area contributed by atoms with Crippen molar-refractivity contribution in [1.29, 1.82) is 0 Å². The zero-order chi connectivity index (χ0) is 20.1. The van der Waals surface area contributed by atoms with Crippen molar-refractivity contribution in [3.05, 3.63) is 0 Å². The molecule has 0 aromatic carbocycles. The van der Waals surface area contributed by atoms with E-state index in [0.717, 1.165) is 38.5 Å². The van der Waals surface area contributed by atoms with Gasteiger partial charge in [0.2, 0.25) is 0 Å². The van der Waals surface area contributed by atoms with Crippen LogP contribution in [0.15, 0.2) is 0 Å². The molecule has 2 heterocycles. The summed E-state index contributed by atoms with van der Waals surface area (Å²) in [5.41, 5.74) is -1.06. The molecular weight excluding hydrogens is 360 g/mol. The Kier molecular flexibility index (Phi) is 5.24. The van der Waals surface area contributed by atoms with Gasteiger partial charge in [-0.05, 0) is 66.2 Å². The van der Waals surface area contributed by atoms with Gasteiger partial charge in [0.25, 0.3) is 0 Å². The van der Waals surface area contributed by atoms with E-state index in [-0.39, 0.29) is 24.8 Å². The molecule has 158 valence electrons. The second-order valence-electron chi connectivity index (χ2n) is 10.1. The summed E-state index contributed by atoms with van der Waals surface area (Å²) in [6.07, 6.45) is 7.73. The van der Waals surface area contributed by atoms with Gasteiger partial charge in [0.1, 0.15) is 11.2 Å². The lowest BCUT2D eigenvalue weighted by molar-refractivity contribution is -0.170. The molecule has 4 aliphatic rings. The fourth-order valence-electron chi connectivity index (χ4n) is 5.13. The lowest BCUT2D eigenvalue weighted by Crippen LogP contribution is -2.40. The molecular formula is C22H34O6. The lowest BCUT2D eigenvalue weighted by atomic mass is 9.78. The minimum atomic E-state index is -0.528. The van der Waals surface area contributed by atoms with Gasteiger partial charge in [0.05, 0.1) is 37.3 Å². The van der Waals surface area contributed by atoms with E-state index in [1.165, 1.54) is 0 Å². The van der Waals surface area contributed by atoms with Crippen molar-refractivity contribution >= 4 is 11.9 Å². The summed E-state index contributed by atoms with van der Waals surface area (Å²) in [6, 6.07) is 0. The second kappa shape index (κ2) is 7.28. The highest BCUT2D eigenvalue weighted by Gasteiger charge is 2.49. The van der Waals surface area contributed by atoms with E-state index in [1.54, 1.807) is 0 Å². The first-order valence-electron chi connectivity index (χ1n) is 10.9. The second-order valence-corrected chi connectivity index (χ2v) is 10.1. The molecule has 0 amide bonds. The minimum Gasteiger partial charge on any atom is -0.459 e. The Morgan fingerprint density at radius 1 is 0.714 bits per heavy atom. The number of esters is 2. The molecule has 2 saturated heterocycles. The van der Waals surface area contributed by atoms with E-state index in [2.05, 4.69) is 0 Å². The Morgan fingerprint density at radius 2 is 1.11 bits per heavy atom. The molecule has 0 N–H and O–H groups in total. The number of hydrogen-bond acceptors (Lipinski definition) is 6. The highest BCUT2D eigenvalue weighted by molar-refractivity contribution is 5.78. The summed E-state index contributed by atoms with van der Waals surface area (Å²) >= 11 is 0. The molecule has 0 aromatic rings. The van der Waals surface area contributed by atoms with Gasteiger partial charge in [0.15, 0.2) is 0 Å². The van der Waals surface area contributed by atoms with Crippen LogP contribution in [0.3, 0.4) is 0 Å². The first-order valence-corrected chi connectivity index (χ1v) is 10.9. The quantitative estimate of drug-likeness (QED) is 0.485. The van der Waals surface area contributed by atoms with Crippen LogP contribution >= 0.6 is 0 Å². The van der Waals surface area contributed by atoms with Crippen molar-refractivity contribution in [3.8, 4) is 0 Å². The van der Waals surface area contributed by atoms with Crippen LogP contribution in [0.1, 0.15) is 79.1 Å². The zero-order valence-corrected chi connectivity index (χ0v) is 17.6. The molecule has 2 aliphatic carbocycles. The number of rotatable bonds is 7. The van der Waals surface area contributed by atoms with E-state index in [9.17, 15) is 9.59 Å². The molecule has 0 aromatic heterocycles. The van der Waals surface area contributed by atoms with Crippen molar-refractivity contribution in [2.75, 3.05) is 0 Å². The average molecular weight is 395 g/mol. The van der Waals surface area contributed by atoms with Gasteiger partial charge in [-0.3, -0.25) is 9.59 Å². The summed E-state index contributed by atoms with van der Waals surface area (Å²) in [5.74, 6) is -0.0346. The Bertz CT molecular complexity index is 573. The number of ether oxygens (including phenoxy) is 4. The first-order chi connectivity index (χ1) is 13.1. The molecule has 6 nitrogen and oxygen atoms in total. The SMILES string of the molecule is CC(C)(OC(=O)CCC(=O)OC(C)(C)C1CCC2OC2C1)C1CCC2OC2C1. The largest absolute Gasteiger partial charge is 0.459 e. The van der Waals surface area contributed by atoms with Crippen LogP contribution < -0.4 is 0 Å². The van der Waals surface area contributed by atoms with Gasteiger partial charge in [-0.1, -0.05) is 0 Å². The Labute approximate surface area is 167 Å². The molecule has 0 radical (unpaired) electrons. The first kappa shape index (κ1) is 20.1. The number of carbonyl (C=O) groups is 2. The van der Waals surface area contributed by atoms with Crippen molar-refractivity contribution < 1.29 is 28.5 Å². The van der Waals surface area contributed by atoms with Crippen molar-refractivity contribution in [3.63, 3.8) is 0 Å². The summed E-state index contributed by atoms with van der Waals surface area (Å²) in [7, 11) is 0. The van der Waals surface area contributed by atoms with Crippen LogP contribution in [0.2, 0.25) is 0 Å². The smallest absolute Gasteiger partial charge is 0.306 e. The Hall–Kier alpha value is -1.14. The molecule has 2 aliphatic heterocycles. The molecule has 0 spiro atoms. The molecule has 2 saturated carbocycles. The predicted molar refractivity (Wildman–Crippen MR) is 102 cm³/mol. The van der Waals surface area contributed by atoms with Gasteiger partial charge >= 0.3 is 11.9 Å². The topological polar surface area (TPSA) is 77.7 Å². The number of epoxide rings is 2. The summed E-state index contributed by atoms with van der Waals surface area (Å²) in [6.45, 7) is 7.87. The Balaban J connectivity index is 1.19. The monoisotopic (exact) mass is 394 g/mol. The van der Waals surface area contributed by atoms with Crippen LogP contribution in [0.4, 0.5) is 0 Å². The molecule has 6 heteroatoms. The number of fused-ring (bicyclic) bond motifs is 2. The number of carbonyl (C=O) groups excluding carboxylic acids is 2. The third kappa shape index (κ3) is 4.54. The van der Waals surface area contributed by atoms with Gasteiger partial charge in [-0.15, -0.1) is 0 Å². The van der Waals surface area contributed by atoms with Gasteiger partial charge in [0, 0.05) is 11.8 Å². The maximum absolute atomic E-state index is 12.3. The van der Waals surface area contributed by atoms with Crippen LogP contribution in [-0.4, -0.2) is 47.6 Å². The van der Waals surface area contributed by atoms with Crippen LogP contribution in [-0.2, 0) is 28.5 Å². The van der Waals surface area contributed by atoms with E-state index < -0.39 is 11.2 Å². The van der Waals surface area contributed by atoms with E-state index in [4.69, 9.17) is 18.9 Å². The maximum atomic E-state index is 12.3. The van der Waals surface area contributed by atoms with E-state index in [0.29, 0.717) is 36.3 Å². The normalized spacial score (nSPS) is 36.7. The van der Waals surface area contributed by atoms with Crippen LogP contribution in [0, 0.1) is 11.8 Å². The summed E-state index contributed by atoms with van der Waals surface area (Å²) < 4.78 is 22.6. The lowest BCUT2D eigenvalue weighted by Gasteiger charge is -2.36. The van der Waals surface area contributed by atoms with E-state index in [1.807, 2.05) is 27.7 Å². The van der Waals surface area contributed by atoms with Crippen molar-refractivity contribution in [2.45, 2.75) is 115 Å². The highest BCUT2D eigenvalue weighted by Crippen LogP contribution is 2.45. The Morgan fingerprint density at radius 3 is 1.46 bits per heavy atom. The van der Waals surface area contributed by atoms with Gasteiger partial charge in [-0.2, -0.15) is 0 Å². The molecule has 28 heavy (non-hydrogen) atoms. The van der Waals surface area contributed by atoms with Crippen molar-refractivity contribution in [2.24, 2.45) is 11.8 Å². The van der Waals surface area contributed by atoms with Crippen LogP contribution in [0.5, 0.6) is 0 Å². The highest BCUT2D eigenvalue weighted by atomic mass is 16.6. The van der Waals surface area contributed by atoms with Gasteiger partial charge in [-0.25, -0.2) is 0 Å². The van der Waals surface area contributed by atoms with Crippen molar-refractivity contribution in [1.82, 2.24) is 0 Å². The average Bonchev–Trinajstić information content (AvgIpc) is 3.51. The third-order valence-electron chi connectivity index (χ3n) is 7.26. The third-order valence-corrected chi connectivity index (χ3v) is 7.26. The standard InChI is InChI=1S/C22H34O6/c1-21(2,13-5-7-15-17(11-13)25-15)27-19(23)9-10-20(24)28-22(3,4)14-6-8-16-18(12-14)26-16/h13-18H,5-12H2,1-4H3. The molecule has 4 fully saturated rings. The summed E-state index contributed by atoms with van der Waals surface area (Å²) in [5, 5.41) is 0. The number of hydrogen-bond donors (Lipinski definition) is 0. The fourth-order valence-corrected chi connectivity index (χ4v) is 5.13. The fraction of sp³-hybridized carbons (Fsp3) is 0.909.